The van der Waals surface area contributed by atoms with Gasteiger partial charge in [0.2, 0.25) is 0 Å². The Morgan fingerprint density at radius 2 is 0.914 bits per heavy atom. The number of carbonyl (C=O) groups excluding carboxylic acids is 3. The molecule has 0 aliphatic heterocycles. The van der Waals surface area contributed by atoms with Crippen LogP contribution in [0.1, 0.15) is 169 Å². The van der Waals surface area contributed by atoms with Gasteiger partial charge in [0, 0.05) is 40.9 Å². The molecule has 0 spiro atoms. The zero-order chi connectivity index (χ0) is 52.2. The molecule has 12 nitrogen and oxygen atoms in total. The van der Waals surface area contributed by atoms with E-state index < -0.39 is 46.1 Å². The molecule has 0 fully saturated rings. The Labute approximate surface area is 415 Å². The Kier molecular flexibility index (Phi) is 18.1. The van der Waals surface area contributed by atoms with Gasteiger partial charge in [0.15, 0.2) is 11.5 Å². The molecule has 4 rings (SSSR count). The molecule has 4 aromatic rings. The molecule has 0 aliphatic carbocycles. The van der Waals surface area contributed by atoms with Crippen molar-refractivity contribution in [3.63, 3.8) is 0 Å². The number of rotatable bonds is 8. The first-order valence-corrected chi connectivity index (χ1v) is 23.4. The number of para-hydroxylation sites is 1. The summed E-state index contributed by atoms with van der Waals surface area (Å²) in [5.41, 5.74) is 1.30. The fraction of sp³-hybridized carbons (Fsp3) is 0.431. The zero-order valence-corrected chi connectivity index (χ0v) is 44.1. The van der Waals surface area contributed by atoms with E-state index in [9.17, 15) is 14.4 Å². The van der Waals surface area contributed by atoms with Crippen LogP contribution in [0.15, 0.2) is 83.1 Å². The quantitative estimate of drug-likeness (QED) is 0.0419. The fourth-order valence-electron chi connectivity index (χ4n) is 6.32. The normalized spacial score (nSPS) is 11.7. The topological polar surface area (TPSA) is 135 Å². The van der Waals surface area contributed by atoms with Crippen molar-refractivity contribution in [1.29, 1.82) is 0 Å². The number of nitrogens with zero attached hydrogens (tertiary/aromatic N) is 3. The van der Waals surface area contributed by atoms with Crippen molar-refractivity contribution in [3.8, 4) is 52.8 Å². The molecule has 0 amide bonds. The SMILES string of the molecule is CCCN(CC)N=Nc1ccc(C#Cc2cc(C#Cc3cc(C#Cc4ccccc4OC(=O)OC(C)(C)C)cc(C(C)(C)C)c3OC(=O)OC(C)(C)C)cc(C(C)(C)C)c2OC(=O)OC(C)(C)C)cc1. The Morgan fingerprint density at radius 3 is 1.33 bits per heavy atom. The molecular weight excluding hydrogens is 883 g/mol. The van der Waals surface area contributed by atoms with E-state index in [-0.39, 0.29) is 17.2 Å². The molecule has 0 unspecified atom stereocenters. The van der Waals surface area contributed by atoms with Crippen LogP contribution < -0.4 is 14.2 Å². The average molecular weight is 952 g/mol. The largest absolute Gasteiger partial charge is 0.514 e. The van der Waals surface area contributed by atoms with Crippen LogP contribution in [0.5, 0.6) is 17.2 Å². The summed E-state index contributed by atoms with van der Waals surface area (Å²) in [6, 6.07) is 21.4. The highest BCUT2D eigenvalue weighted by atomic mass is 16.7. The van der Waals surface area contributed by atoms with Crippen molar-refractivity contribution in [2.75, 3.05) is 13.1 Å². The third kappa shape index (κ3) is 18.0. The molecule has 4 aromatic carbocycles. The lowest BCUT2D eigenvalue weighted by Gasteiger charge is -2.25. The first-order valence-electron chi connectivity index (χ1n) is 23.4. The summed E-state index contributed by atoms with van der Waals surface area (Å²) in [6.07, 6.45) is -1.68. The second-order valence-electron chi connectivity index (χ2n) is 21.5. The Bertz CT molecular complexity index is 2760. The average Bonchev–Trinajstić information content (AvgIpc) is 3.21. The summed E-state index contributed by atoms with van der Waals surface area (Å²) in [6.45, 7) is 33.4. The Balaban J connectivity index is 1.97. The summed E-state index contributed by atoms with van der Waals surface area (Å²) >= 11 is 0. The van der Waals surface area contributed by atoms with Gasteiger partial charge in [-0.3, -0.25) is 5.01 Å². The highest BCUT2D eigenvalue weighted by Crippen LogP contribution is 2.38. The first-order chi connectivity index (χ1) is 32.4. The molecule has 0 saturated carbocycles. The van der Waals surface area contributed by atoms with Gasteiger partial charge in [-0.1, -0.05) is 101 Å². The van der Waals surface area contributed by atoms with Crippen molar-refractivity contribution in [3.05, 3.63) is 117 Å². The number of hydrogen-bond donors (Lipinski definition) is 0. The highest BCUT2D eigenvalue weighted by molar-refractivity contribution is 5.72. The van der Waals surface area contributed by atoms with E-state index in [1.165, 1.54) is 0 Å². The zero-order valence-electron chi connectivity index (χ0n) is 44.1. The maximum absolute atomic E-state index is 13.4. The van der Waals surface area contributed by atoms with Gasteiger partial charge in [0.1, 0.15) is 22.6 Å². The Hall–Kier alpha value is -7.23. The van der Waals surface area contributed by atoms with Gasteiger partial charge >= 0.3 is 18.5 Å². The third-order valence-corrected chi connectivity index (χ3v) is 9.44. The summed E-state index contributed by atoms with van der Waals surface area (Å²) in [5.74, 6) is 20.1. The lowest BCUT2D eigenvalue weighted by molar-refractivity contribution is 0.0189. The minimum absolute atomic E-state index is 0.199. The molecule has 0 atom stereocenters. The van der Waals surface area contributed by atoms with Gasteiger partial charge in [0.05, 0.1) is 22.4 Å². The smallest absolute Gasteiger partial charge is 0.428 e. The van der Waals surface area contributed by atoms with Gasteiger partial charge in [-0.25, -0.2) is 14.4 Å². The number of hydrogen-bond acceptors (Lipinski definition) is 11. The van der Waals surface area contributed by atoms with Gasteiger partial charge in [-0.15, -0.1) is 5.11 Å². The molecule has 0 radical (unpaired) electrons. The van der Waals surface area contributed by atoms with E-state index in [1.807, 2.05) is 89.9 Å². The highest BCUT2D eigenvalue weighted by Gasteiger charge is 2.29. The molecule has 12 heteroatoms. The lowest BCUT2D eigenvalue weighted by Crippen LogP contribution is -2.27. The van der Waals surface area contributed by atoms with Crippen LogP contribution in [0.3, 0.4) is 0 Å². The van der Waals surface area contributed by atoms with Crippen LogP contribution in [0.2, 0.25) is 0 Å². The molecule has 0 saturated heterocycles. The van der Waals surface area contributed by atoms with Gasteiger partial charge in [0.25, 0.3) is 0 Å². The van der Waals surface area contributed by atoms with Crippen molar-refractivity contribution >= 4 is 24.2 Å². The van der Waals surface area contributed by atoms with Gasteiger partial charge < -0.3 is 28.4 Å². The first kappa shape index (κ1) is 55.4. The van der Waals surface area contributed by atoms with Crippen molar-refractivity contribution < 1.29 is 42.8 Å². The van der Waals surface area contributed by atoms with E-state index in [0.29, 0.717) is 50.2 Å². The summed E-state index contributed by atoms with van der Waals surface area (Å²) in [4.78, 5) is 39.4. The predicted molar refractivity (Wildman–Crippen MR) is 274 cm³/mol. The number of benzene rings is 4. The van der Waals surface area contributed by atoms with Crippen LogP contribution >= 0.6 is 0 Å². The van der Waals surface area contributed by atoms with Crippen LogP contribution in [0.25, 0.3) is 0 Å². The second-order valence-corrected chi connectivity index (χ2v) is 21.5. The van der Waals surface area contributed by atoms with Gasteiger partial charge in [-0.05, 0) is 147 Å². The van der Waals surface area contributed by atoms with E-state index >= 15 is 0 Å². The molecular formula is C58H69N3O9. The standard InChI is InChI=1S/C58H69N3O9/c1-18-34-61(19-2)60-59-45-32-27-39(28-33-45)24-30-43-36-41(38-47(55(6,7)8)49(43)66-52(63)69-57(12,13)14)26-31-44-35-40(37-46(54(3,4)5)50(44)67-53(64)70-58(15,16)17)25-29-42-22-20-21-23-48(42)65-51(62)68-56(9,10)11/h20-23,27-28,32-33,35-38H,18-19,34H2,1-17H3. The van der Waals surface area contributed by atoms with Crippen molar-refractivity contribution in [1.82, 2.24) is 5.01 Å². The molecule has 0 N–H and O–H groups in total. The van der Waals surface area contributed by atoms with E-state index in [2.05, 4.69) is 52.8 Å². The Morgan fingerprint density at radius 1 is 0.500 bits per heavy atom. The predicted octanol–water partition coefficient (Wildman–Crippen LogP) is 14.2. The van der Waals surface area contributed by atoms with Crippen molar-refractivity contribution in [2.24, 2.45) is 10.3 Å². The van der Waals surface area contributed by atoms with E-state index in [4.69, 9.17) is 28.4 Å². The second kappa shape index (κ2) is 22.9. The van der Waals surface area contributed by atoms with E-state index in [1.54, 1.807) is 98.7 Å². The minimum Gasteiger partial charge on any atom is -0.428 e. The molecule has 70 heavy (non-hydrogen) atoms. The van der Waals surface area contributed by atoms with Gasteiger partial charge in [-0.2, -0.15) is 0 Å². The summed E-state index contributed by atoms with van der Waals surface area (Å²) in [5, 5.41) is 10.7. The lowest BCUT2D eigenvalue weighted by atomic mass is 9.83. The molecule has 0 aromatic heterocycles. The third-order valence-electron chi connectivity index (χ3n) is 9.44. The summed E-state index contributed by atoms with van der Waals surface area (Å²) in [7, 11) is 0. The van der Waals surface area contributed by atoms with Crippen LogP contribution in [-0.4, -0.2) is 53.4 Å². The number of ether oxygens (including phenoxy) is 6. The molecule has 0 aliphatic rings. The van der Waals surface area contributed by atoms with Crippen molar-refractivity contribution in [2.45, 2.75) is 152 Å². The summed E-state index contributed by atoms with van der Waals surface area (Å²) < 4.78 is 34.2. The molecule has 0 bridgehead atoms. The molecule has 0 heterocycles. The van der Waals surface area contributed by atoms with Crippen LogP contribution in [-0.2, 0) is 25.0 Å². The van der Waals surface area contributed by atoms with Crippen LogP contribution in [0.4, 0.5) is 20.1 Å². The molecule has 370 valence electrons. The van der Waals surface area contributed by atoms with Crippen LogP contribution in [0, 0.1) is 35.5 Å². The van der Waals surface area contributed by atoms with E-state index in [0.717, 1.165) is 19.5 Å². The maximum atomic E-state index is 13.4. The maximum Gasteiger partial charge on any atom is 0.514 e. The fourth-order valence-corrected chi connectivity index (χ4v) is 6.32. The monoisotopic (exact) mass is 952 g/mol. The number of carbonyl (C=O) groups is 3. The minimum atomic E-state index is -0.903.